The van der Waals surface area contributed by atoms with Crippen molar-refractivity contribution in [2.24, 2.45) is 0 Å². The summed E-state index contributed by atoms with van der Waals surface area (Å²) in [6.45, 7) is 0. The lowest BCUT2D eigenvalue weighted by Gasteiger charge is -2.10. The Kier molecular flexibility index (Phi) is 7.50. The van der Waals surface area contributed by atoms with E-state index in [0.29, 0.717) is 11.3 Å². The number of pyridine rings is 1. The topological polar surface area (TPSA) is 132 Å². The molecule has 3 aromatic rings. The van der Waals surface area contributed by atoms with Gasteiger partial charge in [0.15, 0.2) is 5.82 Å². The summed E-state index contributed by atoms with van der Waals surface area (Å²) >= 11 is 0. The molecule has 0 aliphatic carbocycles. The van der Waals surface area contributed by atoms with Gasteiger partial charge in [-0.05, 0) is 36.4 Å². The molecule has 0 aliphatic heterocycles. The summed E-state index contributed by atoms with van der Waals surface area (Å²) in [6, 6.07) is 10.2. The highest BCUT2D eigenvalue weighted by atomic mass is 35.5. The summed E-state index contributed by atoms with van der Waals surface area (Å²) in [6.07, 6.45) is 2.99. The van der Waals surface area contributed by atoms with Crippen LogP contribution in [0.25, 0.3) is 0 Å². The zero-order valence-electron chi connectivity index (χ0n) is 15.9. The Morgan fingerprint density at radius 2 is 1.77 bits per heavy atom. The molecular weight excluding hydrogens is 434 g/mol. The van der Waals surface area contributed by atoms with Gasteiger partial charge in [-0.1, -0.05) is 0 Å². The van der Waals surface area contributed by atoms with Gasteiger partial charge in [0.1, 0.15) is 0 Å². The van der Waals surface area contributed by atoms with Crippen LogP contribution in [-0.2, 0) is 10.0 Å². The maximum Gasteiger partial charge on any atom is 0.321 e. The number of ether oxygens (including phenoxy) is 2. The third kappa shape index (κ3) is 5.55. The minimum atomic E-state index is -3.93. The van der Waals surface area contributed by atoms with Crippen LogP contribution in [0.15, 0.2) is 59.8 Å². The van der Waals surface area contributed by atoms with Gasteiger partial charge in [0, 0.05) is 24.1 Å². The molecule has 30 heavy (non-hydrogen) atoms. The first kappa shape index (κ1) is 22.8. The lowest BCUT2D eigenvalue weighted by atomic mass is 10.2. The maximum atomic E-state index is 12.6. The number of hydrogen-bond donors (Lipinski definition) is 2. The molecule has 2 aromatic heterocycles. The van der Waals surface area contributed by atoms with E-state index >= 15 is 0 Å². The molecule has 1 aromatic carbocycles. The van der Waals surface area contributed by atoms with Crippen molar-refractivity contribution >= 4 is 39.8 Å². The number of methoxy groups -OCH3 is 2. The monoisotopic (exact) mass is 451 g/mol. The number of nitrogens with one attached hydrogen (secondary N) is 2. The average Bonchev–Trinajstić information content (AvgIpc) is 2.74. The van der Waals surface area contributed by atoms with E-state index in [4.69, 9.17) is 9.47 Å². The van der Waals surface area contributed by atoms with Crippen LogP contribution >= 0.6 is 12.4 Å². The molecular formula is C18H18ClN5O5S. The van der Waals surface area contributed by atoms with Gasteiger partial charge in [-0.25, -0.2) is 8.42 Å². The number of sulfonamides is 1. The predicted molar refractivity (Wildman–Crippen MR) is 112 cm³/mol. The molecule has 0 unspecified atom stereocenters. The highest BCUT2D eigenvalue weighted by Crippen LogP contribution is 2.21. The Bertz CT molecular complexity index is 1090. The standard InChI is InChI=1S/C18H17N5O5S.ClH/c1-27-16-10-15(21-18(22-16)28-2)23-29(25,26)14-7-5-13(6-8-14)20-17(24)12-4-3-9-19-11-12;/h3-11H,1-2H3,(H,20,24)(H,21,22,23);1H. The Hall–Kier alpha value is -3.44. The van der Waals surface area contributed by atoms with Crippen molar-refractivity contribution in [3.63, 3.8) is 0 Å². The number of aromatic nitrogens is 3. The van der Waals surface area contributed by atoms with E-state index in [0.717, 1.165) is 0 Å². The molecule has 0 radical (unpaired) electrons. The van der Waals surface area contributed by atoms with E-state index in [9.17, 15) is 13.2 Å². The summed E-state index contributed by atoms with van der Waals surface area (Å²) in [4.78, 5) is 23.8. The largest absolute Gasteiger partial charge is 0.481 e. The molecule has 0 saturated heterocycles. The smallest absolute Gasteiger partial charge is 0.321 e. The fourth-order valence-electron chi connectivity index (χ4n) is 2.27. The van der Waals surface area contributed by atoms with Crippen molar-refractivity contribution in [2.75, 3.05) is 24.3 Å². The normalized spacial score (nSPS) is 10.5. The van der Waals surface area contributed by atoms with Gasteiger partial charge in [0.2, 0.25) is 5.88 Å². The number of carbonyl (C=O) groups excluding carboxylic acids is 1. The molecule has 0 bridgehead atoms. The molecule has 0 atom stereocenters. The van der Waals surface area contributed by atoms with E-state index in [2.05, 4.69) is 25.0 Å². The predicted octanol–water partition coefficient (Wildman–Crippen LogP) is 2.36. The summed E-state index contributed by atoms with van der Waals surface area (Å²) < 4.78 is 37.5. The number of anilines is 2. The first-order valence-corrected chi connectivity index (χ1v) is 9.71. The van der Waals surface area contributed by atoms with E-state index in [1.165, 1.54) is 50.7 Å². The Balaban J connectivity index is 0.00000320. The van der Waals surface area contributed by atoms with Crippen LogP contribution in [0.2, 0.25) is 0 Å². The Morgan fingerprint density at radius 1 is 1.03 bits per heavy atom. The van der Waals surface area contributed by atoms with Gasteiger partial charge in [-0.3, -0.25) is 14.5 Å². The van der Waals surface area contributed by atoms with Crippen LogP contribution in [0.3, 0.4) is 0 Å². The first-order chi connectivity index (χ1) is 13.9. The van der Waals surface area contributed by atoms with Crippen LogP contribution < -0.4 is 19.5 Å². The molecule has 3 rings (SSSR count). The van der Waals surface area contributed by atoms with Crippen molar-refractivity contribution in [3.05, 3.63) is 60.4 Å². The Labute approximate surface area is 179 Å². The Morgan fingerprint density at radius 3 is 2.37 bits per heavy atom. The molecule has 0 fully saturated rings. The summed E-state index contributed by atoms with van der Waals surface area (Å²) in [5, 5.41) is 2.67. The minimum absolute atomic E-state index is 0. The molecule has 0 spiro atoms. The van der Waals surface area contributed by atoms with Gasteiger partial charge < -0.3 is 14.8 Å². The van der Waals surface area contributed by atoms with Crippen molar-refractivity contribution in [2.45, 2.75) is 4.90 Å². The molecule has 0 aliphatic rings. The van der Waals surface area contributed by atoms with Gasteiger partial charge in [-0.2, -0.15) is 9.97 Å². The number of nitrogens with zero attached hydrogens (tertiary/aromatic N) is 3. The minimum Gasteiger partial charge on any atom is -0.481 e. The van der Waals surface area contributed by atoms with Gasteiger partial charge in [0.25, 0.3) is 15.9 Å². The van der Waals surface area contributed by atoms with Gasteiger partial charge >= 0.3 is 6.01 Å². The molecule has 1 amide bonds. The summed E-state index contributed by atoms with van der Waals surface area (Å²) in [7, 11) is -1.19. The van der Waals surface area contributed by atoms with E-state index in [1.807, 2.05) is 0 Å². The van der Waals surface area contributed by atoms with E-state index in [1.54, 1.807) is 18.3 Å². The van der Waals surface area contributed by atoms with E-state index in [-0.39, 0.29) is 40.9 Å². The third-order valence-electron chi connectivity index (χ3n) is 3.66. The number of rotatable bonds is 7. The van der Waals surface area contributed by atoms with Crippen LogP contribution in [0.1, 0.15) is 10.4 Å². The third-order valence-corrected chi connectivity index (χ3v) is 5.03. The lowest BCUT2D eigenvalue weighted by molar-refractivity contribution is 0.102. The second-order valence-corrected chi connectivity index (χ2v) is 7.29. The molecule has 2 N–H and O–H groups in total. The van der Waals surface area contributed by atoms with Crippen LogP contribution in [0, 0.1) is 0 Å². The zero-order valence-corrected chi connectivity index (χ0v) is 17.5. The second kappa shape index (κ2) is 9.85. The number of halogens is 1. The van der Waals surface area contributed by atoms with Crippen LogP contribution in [0.4, 0.5) is 11.5 Å². The number of hydrogen-bond acceptors (Lipinski definition) is 8. The van der Waals surface area contributed by atoms with Crippen molar-refractivity contribution in [3.8, 4) is 11.9 Å². The van der Waals surface area contributed by atoms with Crippen molar-refractivity contribution < 1.29 is 22.7 Å². The number of benzene rings is 1. The molecule has 12 heteroatoms. The van der Waals surface area contributed by atoms with Gasteiger partial charge in [-0.15, -0.1) is 12.4 Å². The van der Waals surface area contributed by atoms with E-state index < -0.39 is 10.0 Å². The summed E-state index contributed by atoms with van der Waals surface area (Å²) in [5.74, 6) is -0.224. The van der Waals surface area contributed by atoms with Crippen LogP contribution in [0.5, 0.6) is 11.9 Å². The lowest BCUT2D eigenvalue weighted by Crippen LogP contribution is -2.15. The molecule has 2 heterocycles. The molecule has 10 nitrogen and oxygen atoms in total. The fourth-order valence-corrected chi connectivity index (χ4v) is 3.26. The zero-order chi connectivity index (χ0) is 20.9. The maximum absolute atomic E-state index is 12.6. The highest BCUT2D eigenvalue weighted by molar-refractivity contribution is 7.92. The van der Waals surface area contributed by atoms with Crippen molar-refractivity contribution in [1.29, 1.82) is 0 Å². The fraction of sp³-hybridized carbons (Fsp3) is 0.111. The first-order valence-electron chi connectivity index (χ1n) is 8.22. The quantitative estimate of drug-likeness (QED) is 0.559. The van der Waals surface area contributed by atoms with Crippen LogP contribution in [-0.4, -0.2) is 43.5 Å². The molecule has 0 saturated carbocycles. The second-order valence-electron chi connectivity index (χ2n) is 5.61. The van der Waals surface area contributed by atoms with Gasteiger partial charge in [0.05, 0.1) is 24.7 Å². The average molecular weight is 452 g/mol. The molecule has 158 valence electrons. The SMILES string of the molecule is COc1cc(NS(=O)(=O)c2ccc(NC(=O)c3cccnc3)cc2)nc(OC)n1.Cl. The number of carbonyl (C=O) groups is 1. The van der Waals surface area contributed by atoms with Crippen molar-refractivity contribution in [1.82, 2.24) is 15.0 Å². The number of amides is 1. The summed E-state index contributed by atoms with van der Waals surface area (Å²) in [5.41, 5.74) is 0.820. The highest BCUT2D eigenvalue weighted by Gasteiger charge is 2.17.